The van der Waals surface area contributed by atoms with Crippen LogP contribution in [0.2, 0.25) is 0 Å². The molecule has 0 fully saturated rings. The van der Waals surface area contributed by atoms with Crippen LogP contribution in [-0.2, 0) is 0 Å². The molecular formula is C12H11BrN2S. The lowest BCUT2D eigenvalue weighted by molar-refractivity contribution is 1.08. The lowest BCUT2D eigenvalue weighted by Gasteiger charge is -2.05. The van der Waals surface area contributed by atoms with E-state index in [9.17, 15) is 0 Å². The third-order valence-corrected chi connectivity index (χ3v) is 3.67. The minimum atomic E-state index is 0.705. The zero-order chi connectivity index (χ0) is 11.5. The van der Waals surface area contributed by atoms with Crippen molar-refractivity contribution in [2.45, 2.75) is 16.8 Å². The highest BCUT2D eigenvalue weighted by Crippen LogP contribution is 2.30. The van der Waals surface area contributed by atoms with Crippen LogP contribution in [0.3, 0.4) is 0 Å². The van der Waals surface area contributed by atoms with Crippen LogP contribution in [0.5, 0.6) is 0 Å². The fraction of sp³-hybridized carbons (Fsp3) is 0.0833. The molecule has 2 aromatic rings. The highest BCUT2D eigenvalue weighted by atomic mass is 79.9. The number of aromatic nitrogens is 1. The summed E-state index contributed by atoms with van der Waals surface area (Å²) in [5, 5.41) is 0.993. The summed E-state index contributed by atoms with van der Waals surface area (Å²) < 4.78 is 1.07. The standard InChI is InChI=1S/C12H11BrN2S/c1-8-5-10(14)7-15-12(8)16-11-4-2-3-9(13)6-11/h2-7H,14H2,1H3. The molecule has 1 aromatic heterocycles. The molecule has 82 valence electrons. The van der Waals surface area contributed by atoms with E-state index in [1.54, 1.807) is 18.0 Å². The van der Waals surface area contributed by atoms with Crippen molar-refractivity contribution in [3.63, 3.8) is 0 Å². The van der Waals surface area contributed by atoms with Gasteiger partial charge in [-0.1, -0.05) is 33.8 Å². The SMILES string of the molecule is Cc1cc(N)cnc1Sc1cccc(Br)c1. The normalized spacial score (nSPS) is 10.4. The van der Waals surface area contributed by atoms with Gasteiger partial charge in [0.1, 0.15) is 5.03 Å². The Morgan fingerprint density at radius 3 is 2.81 bits per heavy atom. The first-order chi connectivity index (χ1) is 7.65. The quantitative estimate of drug-likeness (QED) is 0.913. The topological polar surface area (TPSA) is 38.9 Å². The van der Waals surface area contributed by atoms with Gasteiger partial charge in [0, 0.05) is 9.37 Å². The van der Waals surface area contributed by atoms with Gasteiger partial charge in [0.25, 0.3) is 0 Å². The van der Waals surface area contributed by atoms with E-state index in [1.807, 2.05) is 25.1 Å². The zero-order valence-electron chi connectivity index (χ0n) is 8.77. The Morgan fingerprint density at radius 2 is 2.12 bits per heavy atom. The smallest absolute Gasteiger partial charge is 0.104 e. The van der Waals surface area contributed by atoms with Gasteiger partial charge in [-0.05, 0) is 36.8 Å². The van der Waals surface area contributed by atoms with Gasteiger partial charge in [0.2, 0.25) is 0 Å². The number of pyridine rings is 1. The number of hydrogen-bond donors (Lipinski definition) is 1. The molecule has 0 aliphatic heterocycles. The summed E-state index contributed by atoms with van der Waals surface area (Å²) in [6, 6.07) is 10.1. The maximum Gasteiger partial charge on any atom is 0.104 e. The highest BCUT2D eigenvalue weighted by Gasteiger charge is 2.03. The number of nitrogens with two attached hydrogens (primary N) is 1. The molecule has 2 N–H and O–H groups in total. The molecule has 0 bridgehead atoms. The monoisotopic (exact) mass is 294 g/mol. The molecule has 0 aliphatic rings. The summed E-state index contributed by atoms with van der Waals surface area (Å²) in [5.74, 6) is 0. The van der Waals surface area contributed by atoms with Crippen molar-refractivity contribution >= 4 is 33.4 Å². The molecule has 0 spiro atoms. The first kappa shape index (κ1) is 11.5. The van der Waals surface area contributed by atoms with Crippen molar-refractivity contribution in [2.75, 3.05) is 5.73 Å². The highest BCUT2D eigenvalue weighted by molar-refractivity contribution is 9.10. The van der Waals surface area contributed by atoms with Crippen LogP contribution in [0, 0.1) is 6.92 Å². The number of rotatable bonds is 2. The molecule has 2 rings (SSSR count). The minimum absolute atomic E-state index is 0.705. The van der Waals surface area contributed by atoms with Gasteiger partial charge in [-0.3, -0.25) is 0 Å². The van der Waals surface area contributed by atoms with E-state index in [4.69, 9.17) is 5.73 Å². The predicted molar refractivity (Wildman–Crippen MR) is 71.7 cm³/mol. The number of anilines is 1. The molecule has 0 saturated heterocycles. The molecule has 0 amide bonds. The number of aryl methyl sites for hydroxylation is 1. The van der Waals surface area contributed by atoms with E-state index in [0.29, 0.717) is 5.69 Å². The summed E-state index contributed by atoms with van der Waals surface area (Å²) >= 11 is 5.09. The molecule has 1 aromatic carbocycles. The largest absolute Gasteiger partial charge is 0.397 e. The summed E-state index contributed by atoms with van der Waals surface area (Å²) in [5.41, 5.74) is 7.47. The Balaban J connectivity index is 2.27. The van der Waals surface area contributed by atoms with E-state index < -0.39 is 0 Å². The summed E-state index contributed by atoms with van der Waals surface area (Å²) in [6.07, 6.45) is 1.69. The number of hydrogen-bond acceptors (Lipinski definition) is 3. The molecule has 0 radical (unpaired) electrons. The van der Waals surface area contributed by atoms with Crippen molar-refractivity contribution in [1.82, 2.24) is 4.98 Å². The summed E-state index contributed by atoms with van der Waals surface area (Å²) in [7, 11) is 0. The average molecular weight is 295 g/mol. The first-order valence-electron chi connectivity index (χ1n) is 4.81. The molecule has 1 heterocycles. The summed E-state index contributed by atoms with van der Waals surface area (Å²) in [4.78, 5) is 5.49. The number of halogens is 1. The van der Waals surface area contributed by atoms with Crippen molar-refractivity contribution in [3.8, 4) is 0 Å². The maximum atomic E-state index is 5.67. The minimum Gasteiger partial charge on any atom is -0.397 e. The van der Waals surface area contributed by atoms with E-state index in [-0.39, 0.29) is 0 Å². The molecule has 0 unspecified atom stereocenters. The lowest BCUT2D eigenvalue weighted by Crippen LogP contribution is -1.90. The number of nitrogens with zero attached hydrogens (tertiary/aromatic N) is 1. The van der Waals surface area contributed by atoms with E-state index in [1.165, 1.54) is 0 Å². The van der Waals surface area contributed by atoms with E-state index in [2.05, 4.69) is 33.0 Å². The van der Waals surface area contributed by atoms with Crippen LogP contribution >= 0.6 is 27.7 Å². The van der Waals surface area contributed by atoms with Crippen molar-refractivity contribution in [3.05, 3.63) is 46.6 Å². The maximum absolute atomic E-state index is 5.67. The molecular weight excluding hydrogens is 284 g/mol. The fourth-order valence-electron chi connectivity index (χ4n) is 1.33. The van der Waals surface area contributed by atoms with Crippen LogP contribution in [0.25, 0.3) is 0 Å². The van der Waals surface area contributed by atoms with Crippen LogP contribution in [-0.4, -0.2) is 4.98 Å². The Labute approximate surface area is 107 Å². The number of nitrogen functional groups attached to an aromatic ring is 1. The van der Waals surface area contributed by atoms with Crippen LogP contribution in [0.4, 0.5) is 5.69 Å². The van der Waals surface area contributed by atoms with Crippen LogP contribution < -0.4 is 5.73 Å². The van der Waals surface area contributed by atoms with Gasteiger partial charge < -0.3 is 5.73 Å². The van der Waals surface area contributed by atoms with Gasteiger partial charge in [0.15, 0.2) is 0 Å². The average Bonchev–Trinajstić information content (AvgIpc) is 2.22. The molecule has 0 saturated carbocycles. The predicted octanol–water partition coefficient (Wildman–Crippen LogP) is 3.89. The van der Waals surface area contributed by atoms with Gasteiger partial charge >= 0.3 is 0 Å². The molecule has 2 nitrogen and oxygen atoms in total. The van der Waals surface area contributed by atoms with Gasteiger partial charge in [-0.25, -0.2) is 4.98 Å². The molecule has 0 atom stereocenters. The van der Waals surface area contributed by atoms with Gasteiger partial charge in [-0.15, -0.1) is 0 Å². The third-order valence-electron chi connectivity index (χ3n) is 2.06. The Kier molecular flexibility index (Phi) is 3.51. The second-order valence-corrected chi connectivity index (χ2v) is 5.43. The second kappa shape index (κ2) is 4.89. The third kappa shape index (κ3) is 2.77. The van der Waals surface area contributed by atoms with E-state index in [0.717, 1.165) is 20.0 Å². The lowest BCUT2D eigenvalue weighted by atomic mass is 10.3. The Hall–Kier alpha value is -1.00. The van der Waals surface area contributed by atoms with Crippen molar-refractivity contribution in [1.29, 1.82) is 0 Å². The Bertz CT molecular complexity index is 514. The van der Waals surface area contributed by atoms with Crippen molar-refractivity contribution < 1.29 is 0 Å². The fourth-order valence-corrected chi connectivity index (χ4v) is 2.76. The van der Waals surface area contributed by atoms with Gasteiger partial charge in [0.05, 0.1) is 11.9 Å². The second-order valence-electron chi connectivity index (χ2n) is 3.45. The molecule has 0 aliphatic carbocycles. The Morgan fingerprint density at radius 1 is 1.31 bits per heavy atom. The number of benzene rings is 1. The van der Waals surface area contributed by atoms with Crippen LogP contribution in [0.15, 0.2) is 50.9 Å². The summed E-state index contributed by atoms with van der Waals surface area (Å²) in [6.45, 7) is 2.02. The first-order valence-corrected chi connectivity index (χ1v) is 6.41. The zero-order valence-corrected chi connectivity index (χ0v) is 11.2. The molecule has 4 heteroatoms. The van der Waals surface area contributed by atoms with Crippen LogP contribution in [0.1, 0.15) is 5.56 Å². The van der Waals surface area contributed by atoms with E-state index >= 15 is 0 Å². The van der Waals surface area contributed by atoms with Gasteiger partial charge in [-0.2, -0.15) is 0 Å². The molecule has 16 heavy (non-hydrogen) atoms. The van der Waals surface area contributed by atoms with Crippen molar-refractivity contribution in [2.24, 2.45) is 0 Å².